The van der Waals surface area contributed by atoms with Crippen LogP contribution in [0, 0.1) is 0 Å². The van der Waals surface area contributed by atoms with Crippen LogP contribution in [-0.2, 0) is 4.79 Å². The number of nitrogens with one attached hydrogen (secondary N) is 1. The minimum absolute atomic E-state index is 0.345. The lowest BCUT2D eigenvalue weighted by Gasteiger charge is -2.11. The first kappa shape index (κ1) is 15.8. The van der Waals surface area contributed by atoms with Crippen molar-refractivity contribution in [1.82, 2.24) is 14.8 Å². The minimum atomic E-state index is -0.725. The van der Waals surface area contributed by atoms with Crippen LogP contribution in [0.4, 0.5) is 5.13 Å². The van der Waals surface area contributed by atoms with E-state index in [0.29, 0.717) is 16.2 Å². The normalized spacial score (nSPS) is 12.4. The summed E-state index contributed by atoms with van der Waals surface area (Å²) in [6, 6.07) is 6.27. The zero-order chi connectivity index (χ0) is 16.4. The molecule has 0 bridgehead atoms. The first-order valence-corrected chi connectivity index (χ1v) is 8.77. The van der Waals surface area contributed by atoms with Gasteiger partial charge >= 0.3 is 5.76 Å². The number of aromatic nitrogens is 3. The molecule has 7 nitrogen and oxygen atoms in total. The number of carbonyl (C=O) groups excluding carboxylic acids is 1. The molecule has 1 amide bonds. The standard InChI is InChI=1S/C14H14N4O3S2/c1-3-22-13-17-16-12(23-13)15-11(19)8(2)18-9-6-4-5-7-10(9)21-14(18)20/h4-8H,3H2,1-2H3,(H,15,16,19)/t8-/m0/s1. The van der Waals surface area contributed by atoms with Crippen molar-refractivity contribution < 1.29 is 9.21 Å². The van der Waals surface area contributed by atoms with E-state index in [1.807, 2.05) is 6.92 Å². The molecule has 0 aliphatic heterocycles. The number of benzene rings is 1. The maximum atomic E-state index is 12.4. The largest absolute Gasteiger partial charge is 0.420 e. The lowest BCUT2D eigenvalue weighted by atomic mass is 10.2. The van der Waals surface area contributed by atoms with Gasteiger partial charge in [-0.3, -0.25) is 14.7 Å². The average Bonchev–Trinajstić information content (AvgIpc) is 3.10. The van der Waals surface area contributed by atoms with Crippen molar-refractivity contribution in [3.8, 4) is 0 Å². The number of hydrogen-bond acceptors (Lipinski definition) is 7. The van der Waals surface area contributed by atoms with Crippen molar-refractivity contribution in [3.63, 3.8) is 0 Å². The second-order valence-electron chi connectivity index (χ2n) is 4.68. The number of fused-ring (bicyclic) bond motifs is 1. The summed E-state index contributed by atoms with van der Waals surface area (Å²) in [6.07, 6.45) is 0. The van der Waals surface area contributed by atoms with E-state index >= 15 is 0 Å². The number of oxazole rings is 1. The molecule has 2 heterocycles. The van der Waals surface area contributed by atoms with Crippen molar-refractivity contribution in [3.05, 3.63) is 34.8 Å². The molecule has 1 N–H and O–H groups in total. The SMILES string of the molecule is CCSc1nnc(NC(=O)[C@H](C)n2c(=O)oc3ccccc32)s1. The lowest BCUT2D eigenvalue weighted by Crippen LogP contribution is -2.29. The molecular formula is C14H14N4O3S2. The van der Waals surface area contributed by atoms with Crippen LogP contribution in [0.2, 0.25) is 0 Å². The molecule has 120 valence electrons. The predicted molar refractivity (Wildman–Crippen MR) is 90.1 cm³/mol. The molecule has 9 heteroatoms. The van der Waals surface area contributed by atoms with Gasteiger partial charge in [-0.05, 0) is 24.8 Å². The van der Waals surface area contributed by atoms with E-state index in [-0.39, 0.29) is 5.91 Å². The van der Waals surface area contributed by atoms with Crippen molar-refractivity contribution in [2.75, 3.05) is 11.1 Å². The molecule has 3 aromatic rings. The van der Waals surface area contributed by atoms with Crippen LogP contribution >= 0.6 is 23.1 Å². The molecule has 1 aromatic carbocycles. The third kappa shape index (κ3) is 3.15. The van der Waals surface area contributed by atoms with E-state index < -0.39 is 11.8 Å². The second kappa shape index (κ2) is 6.55. The van der Waals surface area contributed by atoms with Gasteiger partial charge in [-0.1, -0.05) is 42.2 Å². The molecule has 0 radical (unpaired) electrons. The van der Waals surface area contributed by atoms with Crippen molar-refractivity contribution >= 4 is 45.2 Å². The second-order valence-corrected chi connectivity index (χ2v) is 7.17. The van der Waals surface area contributed by atoms with E-state index in [2.05, 4.69) is 15.5 Å². The van der Waals surface area contributed by atoms with Gasteiger partial charge in [-0.2, -0.15) is 0 Å². The Kier molecular flexibility index (Phi) is 4.49. The summed E-state index contributed by atoms with van der Waals surface area (Å²) in [7, 11) is 0. The van der Waals surface area contributed by atoms with Gasteiger partial charge in [0.05, 0.1) is 5.52 Å². The molecule has 0 spiro atoms. The van der Waals surface area contributed by atoms with Crippen LogP contribution in [0.15, 0.2) is 37.8 Å². The summed E-state index contributed by atoms with van der Waals surface area (Å²) >= 11 is 2.86. The van der Waals surface area contributed by atoms with E-state index in [0.717, 1.165) is 10.1 Å². The maximum Gasteiger partial charge on any atom is 0.420 e. The highest BCUT2D eigenvalue weighted by atomic mass is 32.2. The fourth-order valence-corrected chi connectivity index (χ4v) is 3.77. The predicted octanol–water partition coefficient (Wildman–Crippen LogP) is 2.76. The van der Waals surface area contributed by atoms with Gasteiger partial charge < -0.3 is 4.42 Å². The van der Waals surface area contributed by atoms with E-state index in [1.54, 1.807) is 43.0 Å². The first-order chi connectivity index (χ1) is 11.1. The summed E-state index contributed by atoms with van der Waals surface area (Å²) in [5, 5.41) is 11.0. The van der Waals surface area contributed by atoms with Gasteiger partial charge in [0.15, 0.2) is 9.92 Å². The maximum absolute atomic E-state index is 12.4. The highest BCUT2D eigenvalue weighted by molar-refractivity contribution is 8.01. The number of rotatable bonds is 5. The highest BCUT2D eigenvalue weighted by Gasteiger charge is 2.22. The Morgan fingerprint density at radius 1 is 1.43 bits per heavy atom. The van der Waals surface area contributed by atoms with Crippen LogP contribution in [0.1, 0.15) is 19.9 Å². The van der Waals surface area contributed by atoms with Gasteiger partial charge in [0.1, 0.15) is 6.04 Å². The third-order valence-corrected chi connectivity index (χ3v) is 5.04. The molecule has 0 fully saturated rings. The summed E-state index contributed by atoms with van der Waals surface area (Å²) in [6.45, 7) is 3.66. The number of hydrogen-bond donors (Lipinski definition) is 1. The van der Waals surface area contributed by atoms with Crippen LogP contribution < -0.4 is 11.1 Å². The molecule has 1 atom stereocenters. The monoisotopic (exact) mass is 350 g/mol. The number of amides is 1. The summed E-state index contributed by atoms with van der Waals surface area (Å²) in [4.78, 5) is 24.4. The van der Waals surface area contributed by atoms with E-state index in [9.17, 15) is 9.59 Å². The quantitative estimate of drug-likeness (QED) is 0.562. The number of nitrogens with zero attached hydrogens (tertiary/aromatic N) is 3. The minimum Gasteiger partial charge on any atom is -0.408 e. The van der Waals surface area contributed by atoms with Crippen molar-refractivity contribution in [1.29, 1.82) is 0 Å². The Morgan fingerprint density at radius 2 is 2.22 bits per heavy atom. The van der Waals surface area contributed by atoms with Gasteiger partial charge in [0.2, 0.25) is 11.0 Å². The van der Waals surface area contributed by atoms with E-state index in [1.165, 1.54) is 15.9 Å². The zero-order valence-corrected chi connectivity index (χ0v) is 14.1. The van der Waals surface area contributed by atoms with E-state index in [4.69, 9.17) is 4.42 Å². The average molecular weight is 350 g/mol. The number of thioether (sulfide) groups is 1. The zero-order valence-electron chi connectivity index (χ0n) is 12.5. The third-order valence-electron chi connectivity index (χ3n) is 3.19. The van der Waals surface area contributed by atoms with Crippen LogP contribution in [0.25, 0.3) is 11.1 Å². The highest BCUT2D eigenvalue weighted by Crippen LogP contribution is 2.26. The van der Waals surface area contributed by atoms with Gasteiger partial charge in [-0.25, -0.2) is 4.79 Å². The summed E-state index contributed by atoms with van der Waals surface area (Å²) < 4.78 is 7.28. The molecular weight excluding hydrogens is 336 g/mol. The summed E-state index contributed by atoms with van der Waals surface area (Å²) in [5.74, 6) is -0.0220. The van der Waals surface area contributed by atoms with Crippen LogP contribution in [-0.4, -0.2) is 26.4 Å². The number of anilines is 1. The Bertz CT molecular complexity index is 899. The molecule has 0 aliphatic carbocycles. The molecule has 0 unspecified atom stereocenters. The molecule has 2 aromatic heterocycles. The smallest absolute Gasteiger partial charge is 0.408 e. The number of para-hydroxylation sites is 2. The van der Waals surface area contributed by atoms with Crippen LogP contribution in [0.5, 0.6) is 0 Å². The summed E-state index contributed by atoms with van der Waals surface area (Å²) in [5.41, 5.74) is 1.04. The molecule has 23 heavy (non-hydrogen) atoms. The van der Waals surface area contributed by atoms with Crippen molar-refractivity contribution in [2.24, 2.45) is 0 Å². The Balaban J connectivity index is 1.83. The molecule has 0 aliphatic rings. The Morgan fingerprint density at radius 3 is 3.00 bits per heavy atom. The van der Waals surface area contributed by atoms with Gasteiger partial charge in [0.25, 0.3) is 0 Å². The fourth-order valence-electron chi connectivity index (χ4n) is 2.12. The lowest BCUT2D eigenvalue weighted by molar-refractivity contribution is -0.118. The molecule has 0 saturated carbocycles. The first-order valence-electron chi connectivity index (χ1n) is 6.97. The van der Waals surface area contributed by atoms with Crippen molar-refractivity contribution in [2.45, 2.75) is 24.2 Å². The fraction of sp³-hybridized carbons (Fsp3) is 0.286. The Labute approximate surface area is 139 Å². The van der Waals surface area contributed by atoms with Crippen LogP contribution in [0.3, 0.4) is 0 Å². The number of carbonyl (C=O) groups is 1. The molecule has 0 saturated heterocycles. The van der Waals surface area contributed by atoms with Gasteiger partial charge in [-0.15, -0.1) is 10.2 Å². The van der Waals surface area contributed by atoms with Gasteiger partial charge in [0, 0.05) is 0 Å². The Hall–Kier alpha value is -2.13. The molecule has 3 rings (SSSR count). The topological polar surface area (TPSA) is 90.0 Å².